The van der Waals surface area contributed by atoms with Gasteiger partial charge in [0.2, 0.25) is 0 Å². The second kappa shape index (κ2) is 9.85. The summed E-state index contributed by atoms with van der Waals surface area (Å²) in [4.78, 5) is 12.4. The molecule has 0 aliphatic carbocycles. The molecule has 0 aromatic heterocycles. The SMILES string of the molecule is CCN(c1ccccc1)S(=O)(=O)c1ccc(Cl)c(NC(=O)COc2ccccc2C)c1. The Labute approximate surface area is 187 Å². The number of carbonyl (C=O) groups excluding carboxylic acids is 1. The third-order valence-electron chi connectivity index (χ3n) is 4.58. The summed E-state index contributed by atoms with van der Waals surface area (Å²) >= 11 is 6.20. The number of para-hydroxylation sites is 2. The van der Waals surface area contributed by atoms with Crippen LogP contribution in [0.5, 0.6) is 5.75 Å². The molecular weight excluding hydrogens is 436 g/mol. The van der Waals surface area contributed by atoms with E-state index in [4.69, 9.17) is 16.3 Å². The number of hydrogen-bond acceptors (Lipinski definition) is 4. The zero-order valence-electron chi connectivity index (χ0n) is 17.2. The fourth-order valence-electron chi connectivity index (χ4n) is 3.02. The van der Waals surface area contributed by atoms with E-state index in [2.05, 4.69) is 5.32 Å². The highest BCUT2D eigenvalue weighted by molar-refractivity contribution is 7.92. The van der Waals surface area contributed by atoms with E-state index in [0.29, 0.717) is 11.4 Å². The zero-order valence-corrected chi connectivity index (χ0v) is 18.8. The van der Waals surface area contributed by atoms with Gasteiger partial charge < -0.3 is 10.1 Å². The van der Waals surface area contributed by atoms with Gasteiger partial charge in [0, 0.05) is 6.54 Å². The van der Waals surface area contributed by atoms with Crippen LogP contribution in [0.2, 0.25) is 5.02 Å². The van der Waals surface area contributed by atoms with Gasteiger partial charge in [0.1, 0.15) is 5.75 Å². The Morgan fingerprint density at radius 3 is 2.39 bits per heavy atom. The van der Waals surface area contributed by atoms with Gasteiger partial charge in [-0.05, 0) is 55.8 Å². The Bertz CT molecular complexity index is 1170. The van der Waals surface area contributed by atoms with Crippen molar-refractivity contribution in [2.75, 3.05) is 22.8 Å². The third-order valence-corrected chi connectivity index (χ3v) is 6.81. The monoisotopic (exact) mass is 458 g/mol. The smallest absolute Gasteiger partial charge is 0.264 e. The molecule has 6 nitrogen and oxygen atoms in total. The molecule has 3 aromatic carbocycles. The minimum atomic E-state index is -3.85. The van der Waals surface area contributed by atoms with Crippen molar-refractivity contribution in [1.82, 2.24) is 0 Å². The standard InChI is InChI=1S/C23H23ClN2O4S/c1-3-26(18-10-5-4-6-11-18)31(28,29)19-13-14-20(24)21(15-19)25-23(27)16-30-22-12-8-7-9-17(22)2/h4-15H,3,16H2,1-2H3,(H,25,27). The van der Waals surface area contributed by atoms with E-state index in [9.17, 15) is 13.2 Å². The normalized spacial score (nSPS) is 11.1. The Kier molecular flexibility index (Phi) is 7.20. The molecule has 31 heavy (non-hydrogen) atoms. The van der Waals surface area contributed by atoms with Crippen LogP contribution < -0.4 is 14.4 Å². The number of ether oxygens (including phenoxy) is 1. The van der Waals surface area contributed by atoms with E-state index in [0.717, 1.165) is 5.56 Å². The molecule has 0 heterocycles. The topological polar surface area (TPSA) is 75.7 Å². The first kappa shape index (κ1) is 22.7. The van der Waals surface area contributed by atoms with Crippen molar-refractivity contribution < 1.29 is 17.9 Å². The Balaban J connectivity index is 1.79. The van der Waals surface area contributed by atoms with Gasteiger partial charge in [0.15, 0.2) is 6.61 Å². The Hall–Kier alpha value is -3.03. The molecule has 162 valence electrons. The number of sulfonamides is 1. The van der Waals surface area contributed by atoms with E-state index in [1.165, 1.54) is 22.5 Å². The van der Waals surface area contributed by atoms with Gasteiger partial charge in [-0.25, -0.2) is 8.42 Å². The number of halogens is 1. The van der Waals surface area contributed by atoms with Crippen molar-refractivity contribution in [3.63, 3.8) is 0 Å². The number of carbonyl (C=O) groups is 1. The maximum Gasteiger partial charge on any atom is 0.264 e. The molecule has 0 atom stereocenters. The fourth-order valence-corrected chi connectivity index (χ4v) is 4.69. The molecule has 0 aliphatic rings. The summed E-state index contributed by atoms with van der Waals surface area (Å²) in [6.07, 6.45) is 0. The summed E-state index contributed by atoms with van der Waals surface area (Å²) in [5.41, 5.74) is 1.66. The van der Waals surface area contributed by atoms with Gasteiger partial charge in [-0.1, -0.05) is 48.0 Å². The van der Waals surface area contributed by atoms with Crippen molar-refractivity contribution in [2.45, 2.75) is 18.7 Å². The van der Waals surface area contributed by atoms with Crippen LogP contribution in [0.4, 0.5) is 11.4 Å². The summed E-state index contributed by atoms with van der Waals surface area (Å²) in [6, 6.07) is 20.4. The number of aryl methyl sites for hydroxylation is 1. The lowest BCUT2D eigenvalue weighted by molar-refractivity contribution is -0.118. The minimum Gasteiger partial charge on any atom is -0.483 e. The summed E-state index contributed by atoms with van der Waals surface area (Å²) in [6.45, 7) is 3.65. The van der Waals surface area contributed by atoms with E-state index < -0.39 is 15.9 Å². The maximum absolute atomic E-state index is 13.2. The van der Waals surface area contributed by atoms with Crippen molar-refractivity contribution >= 4 is 38.9 Å². The molecule has 3 rings (SSSR count). The molecule has 3 aromatic rings. The predicted molar refractivity (Wildman–Crippen MR) is 123 cm³/mol. The Morgan fingerprint density at radius 2 is 1.71 bits per heavy atom. The highest BCUT2D eigenvalue weighted by atomic mass is 35.5. The van der Waals surface area contributed by atoms with Crippen molar-refractivity contribution in [2.24, 2.45) is 0 Å². The van der Waals surface area contributed by atoms with Gasteiger partial charge in [-0.15, -0.1) is 0 Å². The lowest BCUT2D eigenvalue weighted by Crippen LogP contribution is -2.30. The van der Waals surface area contributed by atoms with Gasteiger partial charge in [0.05, 0.1) is 21.3 Å². The van der Waals surface area contributed by atoms with Gasteiger partial charge in [-0.2, -0.15) is 0 Å². The number of anilines is 2. The highest BCUT2D eigenvalue weighted by Crippen LogP contribution is 2.29. The second-order valence-electron chi connectivity index (χ2n) is 6.75. The van der Waals surface area contributed by atoms with E-state index in [-0.39, 0.29) is 28.8 Å². The summed E-state index contributed by atoms with van der Waals surface area (Å²) in [7, 11) is -3.85. The van der Waals surface area contributed by atoms with E-state index in [1.807, 2.05) is 31.2 Å². The van der Waals surface area contributed by atoms with E-state index >= 15 is 0 Å². The van der Waals surface area contributed by atoms with E-state index in [1.54, 1.807) is 37.3 Å². The average molecular weight is 459 g/mol. The molecule has 0 fully saturated rings. The number of hydrogen-bond donors (Lipinski definition) is 1. The maximum atomic E-state index is 13.2. The molecule has 1 N–H and O–H groups in total. The molecule has 1 amide bonds. The first-order chi connectivity index (χ1) is 14.8. The van der Waals surface area contributed by atoms with Crippen LogP contribution in [0.3, 0.4) is 0 Å². The highest BCUT2D eigenvalue weighted by Gasteiger charge is 2.24. The molecule has 0 saturated heterocycles. The summed E-state index contributed by atoms with van der Waals surface area (Å²) < 4.78 is 33.2. The summed E-state index contributed by atoms with van der Waals surface area (Å²) in [5.74, 6) is 0.150. The van der Waals surface area contributed by atoms with Crippen LogP contribution in [-0.2, 0) is 14.8 Å². The fraction of sp³-hybridized carbons (Fsp3) is 0.174. The zero-order chi connectivity index (χ0) is 22.4. The molecule has 0 spiro atoms. The van der Waals surface area contributed by atoms with Gasteiger partial charge >= 0.3 is 0 Å². The van der Waals surface area contributed by atoms with Crippen LogP contribution in [0, 0.1) is 6.92 Å². The largest absolute Gasteiger partial charge is 0.483 e. The van der Waals surface area contributed by atoms with Crippen LogP contribution in [0.15, 0.2) is 77.7 Å². The summed E-state index contributed by atoms with van der Waals surface area (Å²) in [5, 5.41) is 2.86. The van der Waals surface area contributed by atoms with Crippen LogP contribution in [0.25, 0.3) is 0 Å². The molecule has 0 radical (unpaired) electrons. The van der Waals surface area contributed by atoms with Crippen LogP contribution in [0.1, 0.15) is 12.5 Å². The first-order valence-corrected chi connectivity index (χ1v) is 11.5. The molecule has 0 saturated carbocycles. The molecule has 0 unspecified atom stereocenters. The Morgan fingerprint density at radius 1 is 1.03 bits per heavy atom. The quantitative estimate of drug-likeness (QED) is 0.522. The predicted octanol–water partition coefficient (Wildman–Crippen LogP) is 4.88. The molecular formula is C23H23ClN2O4S. The minimum absolute atomic E-state index is 0.0257. The number of nitrogens with one attached hydrogen (secondary N) is 1. The number of amides is 1. The van der Waals surface area contributed by atoms with Crippen LogP contribution in [-0.4, -0.2) is 27.5 Å². The first-order valence-electron chi connectivity index (χ1n) is 9.68. The van der Waals surface area contributed by atoms with Crippen molar-refractivity contribution in [3.05, 3.63) is 83.4 Å². The lowest BCUT2D eigenvalue weighted by Gasteiger charge is -2.23. The molecule has 0 bridgehead atoms. The van der Waals surface area contributed by atoms with Crippen LogP contribution >= 0.6 is 11.6 Å². The lowest BCUT2D eigenvalue weighted by atomic mass is 10.2. The second-order valence-corrected chi connectivity index (χ2v) is 9.02. The average Bonchev–Trinajstić information content (AvgIpc) is 2.75. The third kappa shape index (κ3) is 5.37. The number of nitrogens with zero attached hydrogens (tertiary/aromatic N) is 1. The van der Waals surface area contributed by atoms with Crippen molar-refractivity contribution in [1.29, 1.82) is 0 Å². The number of rotatable bonds is 8. The van der Waals surface area contributed by atoms with Crippen molar-refractivity contribution in [3.8, 4) is 5.75 Å². The number of benzene rings is 3. The molecule has 0 aliphatic heterocycles. The van der Waals surface area contributed by atoms with Gasteiger partial charge in [-0.3, -0.25) is 9.10 Å². The van der Waals surface area contributed by atoms with Gasteiger partial charge in [0.25, 0.3) is 15.9 Å². The molecule has 8 heteroatoms.